The van der Waals surface area contributed by atoms with Crippen LogP contribution in [0.15, 0.2) is 54.1 Å². The Kier molecular flexibility index (Phi) is 9.02. The van der Waals surface area contributed by atoms with Gasteiger partial charge in [-0.1, -0.05) is 55.5 Å². The largest absolute Gasteiger partial charge is 0.490 e. The van der Waals surface area contributed by atoms with Crippen LogP contribution >= 0.6 is 11.3 Å². The number of anilines is 1. The van der Waals surface area contributed by atoms with Crippen LogP contribution in [0.2, 0.25) is 0 Å². The van der Waals surface area contributed by atoms with E-state index in [0.29, 0.717) is 30.4 Å². The maximum absolute atomic E-state index is 12.6. The molecular formula is C25H23F3N4O3S. The van der Waals surface area contributed by atoms with Gasteiger partial charge in [-0.25, -0.2) is 0 Å². The fraction of sp³-hybridized carbons (Fsp3) is 0.280. The first-order valence-corrected chi connectivity index (χ1v) is 11.8. The summed E-state index contributed by atoms with van der Waals surface area (Å²) in [6.07, 6.45) is -2.35. The zero-order chi connectivity index (χ0) is 26.1. The quantitative estimate of drug-likeness (QED) is 0.199. The van der Waals surface area contributed by atoms with Gasteiger partial charge in [-0.05, 0) is 47.7 Å². The summed E-state index contributed by atoms with van der Waals surface area (Å²) in [5, 5.41) is 16.2. The molecule has 0 aliphatic heterocycles. The molecule has 0 bridgehead atoms. The standard InChI is InChI=1S/C25H23F3N4O3S/c1-3-16(2)20-6-4-5-7-21(20)35-13-12-34-19-10-8-17(9-11-19)14-18(15-29)22(33)30-24-32-31-23(36-24)25(26,27)28/h4-11,14,16H,3,12-13H2,1-2H3,(H,30,32,33). The fourth-order valence-electron chi connectivity index (χ4n) is 3.08. The first kappa shape index (κ1) is 26.7. The Morgan fingerprint density at radius 2 is 1.83 bits per heavy atom. The second-order valence-electron chi connectivity index (χ2n) is 7.65. The predicted molar refractivity (Wildman–Crippen MR) is 130 cm³/mol. The number of benzene rings is 2. The van der Waals surface area contributed by atoms with Crippen molar-refractivity contribution in [3.63, 3.8) is 0 Å². The third-order valence-corrected chi connectivity index (χ3v) is 6.00. The number of hydrogen-bond acceptors (Lipinski definition) is 7. The molecule has 11 heteroatoms. The van der Waals surface area contributed by atoms with E-state index in [4.69, 9.17) is 9.47 Å². The lowest BCUT2D eigenvalue weighted by molar-refractivity contribution is -0.138. The molecule has 1 heterocycles. The van der Waals surface area contributed by atoms with Crippen LogP contribution in [-0.2, 0) is 11.0 Å². The van der Waals surface area contributed by atoms with E-state index in [0.717, 1.165) is 17.7 Å². The van der Waals surface area contributed by atoms with Crippen molar-refractivity contribution in [2.45, 2.75) is 32.4 Å². The number of nitrogens with zero attached hydrogens (tertiary/aromatic N) is 3. The summed E-state index contributed by atoms with van der Waals surface area (Å²) in [7, 11) is 0. The number of carbonyl (C=O) groups is 1. The number of rotatable bonds is 10. The highest BCUT2D eigenvalue weighted by Crippen LogP contribution is 2.33. The molecule has 3 aromatic rings. The van der Waals surface area contributed by atoms with Gasteiger partial charge in [0.05, 0.1) is 0 Å². The van der Waals surface area contributed by atoms with Crippen molar-refractivity contribution in [2.75, 3.05) is 18.5 Å². The van der Waals surface area contributed by atoms with Crippen molar-refractivity contribution in [3.8, 4) is 17.6 Å². The molecule has 1 amide bonds. The lowest BCUT2D eigenvalue weighted by atomic mass is 9.98. The van der Waals surface area contributed by atoms with Crippen LogP contribution < -0.4 is 14.8 Å². The van der Waals surface area contributed by atoms with Gasteiger partial charge in [0.1, 0.15) is 36.4 Å². The average molecular weight is 517 g/mol. The normalized spacial score (nSPS) is 12.5. The predicted octanol–water partition coefficient (Wildman–Crippen LogP) is 6.07. The molecule has 7 nitrogen and oxygen atoms in total. The zero-order valence-electron chi connectivity index (χ0n) is 19.5. The molecule has 2 aromatic carbocycles. The van der Waals surface area contributed by atoms with E-state index in [2.05, 4.69) is 35.4 Å². The number of amides is 1. The van der Waals surface area contributed by atoms with E-state index in [1.54, 1.807) is 30.3 Å². The van der Waals surface area contributed by atoms with Crippen LogP contribution in [0.5, 0.6) is 11.5 Å². The number of para-hydroxylation sites is 1. The first-order chi connectivity index (χ1) is 17.2. The van der Waals surface area contributed by atoms with E-state index in [1.807, 2.05) is 18.2 Å². The van der Waals surface area contributed by atoms with Crippen LogP contribution in [-0.4, -0.2) is 29.3 Å². The summed E-state index contributed by atoms with van der Waals surface area (Å²) in [6, 6.07) is 16.3. The van der Waals surface area contributed by atoms with Gasteiger partial charge in [0, 0.05) is 0 Å². The molecule has 1 atom stereocenters. The highest BCUT2D eigenvalue weighted by molar-refractivity contribution is 7.15. The molecule has 0 aliphatic carbocycles. The van der Waals surface area contributed by atoms with E-state index in [-0.39, 0.29) is 22.0 Å². The van der Waals surface area contributed by atoms with Gasteiger partial charge in [-0.3, -0.25) is 10.1 Å². The van der Waals surface area contributed by atoms with Crippen molar-refractivity contribution in [1.82, 2.24) is 10.2 Å². The maximum atomic E-state index is 12.6. The van der Waals surface area contributed by atoms with Gasteiger partial charge >= 0.3 is 6.18 Å². The molecule has 1 aromatic heterocycles. The van der Waals surface area contributed by atoms with Crippen molar-refractivity contribution in [1.29, 1.82) is 5.26 Å². The monoisotopic (exact) mass is 516 g/mol. The third kappa shape index (κ3) is 7.29. The van der Waals surface area contributed by atoms with E-state index in [1.165, 1.54) is 6.08 Å². The van der Waals surface area contributed by atoms with Crippen LogP contribution in [0.4, 0.5) is 18.3 Å². The van der Waals surface area contributed by atoms with Gasteiger partial charge in [-0.15, -0.1) is 10.2 Å². The van der Waals surface area contributed by atoms with Crippen LogP contribution in [0.3, 0.4) is 0 Å². The van der Waals surface area contributed by atoms with Crippen molar-refractivity contribution < 1.29 is 27.4 Å². The second-order valence-corrected chi connectivity index (χ2v) is 8.62. The second kappa shape index (κ2) is 12.2. The molecule has 36 heavy (non-hydrogen) atoms. The van der Waals surface area contributed by atoms with Gasteiger partial charge in [-0.2, -0.15) is 18.4 Å². The minimum Gasteiger partial charge on any atom is -0.490 e. The first-order valence-electron chi connectivity index (χ1n) is 11.0. The van der Waals surface area contributed by atoms with Crippen LogP contribution in [0.25, 0.3) is 6.08 Å². The number of nitrogens with one attached hydrogen (secondary N) is 1. The zero-order valence-corrected chi connectivity index (χ0v) is 20.3. The SMILES string of the molecule is CCC(C)c1ccccc1OCCOc1ccc(C=C(C#N)C(=O)Nc2nnc(C(F)(F)F)s2)cc1. The molecule has 0 aliphatic rings. The molecule has 188 valence electrons. The van der Waals surface area contributed by atoms with E-state index >= 15 is 0 Å². The summed E-state index contributed by atoms with van der Waals surface area (Å²) in [5.41, 5.74) is 1.38. The molecule has 1 N–H and O–H groups in total. The number of halogens is 3. The van der Waals surface area contributed by atoms with Gasteiger partial charge in [0.2, 0.25) is 10.1 Å². The Morgan fingerprint density at radius 1 is 1.14 bits per heavy atom. The number of ether oxygens (including phenoxy) is 2. The van der Waals surface area contributed by atoms with E-state index < -0.39 is 17.1 Å². The summed E-state index contributed by atoms with van der Waals surface area (Å²) < 4.78 is 49.5. The fourth-order valence-corrected chi connectivity index (χ4v) is 3.68. The summed E-state index contributed by atoms with van der Waals surface area (Å²) >= 11 is 0.173. The Labute approximate surface area is 210 Å². The van der Waals surface area contributed by atoms with Crippen molar-refractivity contribution >= 4 is 28.5 Å². The Bertz CT molecular complexity index is 1250. The maximum Gasteiger partial charge on any atom is 0.445 e. The number of nitriles is 1. The minimum atomic E-state index is -4.66. The molecule has 0 radical (unpaired) electrons. The number of alkyl halides is 3. The summed E-state index contributed by atoms with van der Waals surface area (Å²) in [5.74, 6) is 0.903. The Morgan fingerprint density at radius 3 is 2.47 bits per heavy atom. The van der Waals surface area contributed by atoms with Crippen molar-refractivity contribution in [3.05, 3.63) is 70.2 Å². The van der Waals surface area contributed by atoms with Gasteiger partial charge in [0.25, 0.3) is 5.91 Å². The number of carbonyl (C=O) groups excluding carboxylic acids is 1. The Hall–Kier alpha value is -3.91. The highest BCUT2D eigenvalue weighted by atomic mass is 32.1. The molecule has 3 rings (SSSR count). The molecule has 0 spiro atoms. The third-order valence-electron chi connectivity index (χ3n) is 5.12. The molecular weight excluding hydrogens is 493 g/mol. The van der Waals surface area contributed by atoms with Crippen LogP contribution in [0.1, 0.15) is 42.3 Å². The van der Waals surface area contributed by atoms with Gasteiger partial charge < -0.3 is 9.47 Å². The molecule has 1 unspecified atom stereocenters. The van der Waals surface area contributed by atoms with Gasteiger partial charge in [0.15, 0.2) is 0 Å². The molecule has 0 saturated carbocycles. The Balaban J connectivity index is 1.54. The average Bonchev–Trinajstić information content (AvgIpc) is 3.35. The molecule has 0 saturated heterocycles. The lowest BCUT2D eigenvalue weighted by Crippen LogP contribution is -2.13. The number of aromatic nitrogens is 2. The minimum absolute atomic E-state index is 0.173. The lowest BCUT2D eigenvalue weighted by Gasteiger charge is -2.15. The van der Waals surface area contributed by atoms with E-state index in [9.17, 15) is 23.2 Å². The smallest absolute Gasteiger partial charge is 0.445 e. The number of hydrogen-bond donors (Lipinski definition) is 1. The summed E-state index contributed by atoms with van der Waals surface area (Å²) in [4.78, 5) is 12.3. The highest BCUT2D eigenvalue weighted by Gasteiger charge is 2.35. The molecule has 0 fully saturated rings. The van der Waals surface area contributed by atoms with Crippen LogP contribution in [0, 0.1) is 11.3 Å². The van der Waals surface area contributed by atoms with Crippen molar-refractivity contribution in [2.24, 2.45) is 0 Å². The topological polar surface area (TPSA) is 97.1 Å². The summed E-state index contributed by atoms with van der Waals surface area (Å²) in [6.45, 7) is 4.95.